The van der Waals surface area contributed by atoms with Crippen LogP contribution in [0.1, 0.15) is 5.56 Å². The summed E-state index contributed by atoms with van der Waals surface area (Å²) in [6, 6.07) is 4.38. The second-order valence-electron chi connectivity index (χ2n) is 4.29. The molecule has 1 aliphatic heterocycles. The van der Waals surface area contributed by atoms with Crippen LogP contribution in [0.15, 0.2) is 23.4 Å². The van der Waals surface area contributed by atoms with E-state index in [0.717, 1.165) is 0 Å². The number of nitrogens with zero attached hydrogens (tertiary/aromatic N) is 2. The van der Waals surface area contributed by atoms with E-state index in [0.29, 0.717) is 18.2 Å². The minimum absolute atomic E-state index is 0.143. The average Bonchev–Trinajstić information content (AvgIpc) is 2.47. The molecule has 1 saturated heterocycles. The van der Waals surface area contributed by atoms with Gasteiger partial charge in [-0.1, -0.05) is 16.8 Å². The van der Waals surface area contributed by atoms with Gasteiger partial charge in [0.05, 0.1) is 18.9 Å². The van der Waals surface area contributed by atoms with Crippen molar-refractivity contribution in [1.29, 1.82) is 0 Å². The van der Waals surface area contributed by atoms with Crippen molar-refractivity contribution in [3.05, 3.63) is 28.8 Å². The van der Waals surface area contributed by atoms with Crippen molar-refractivity contribution in [3.63, 3.8) is 0 Å². The highest BCUT2D eigenvalue weighted by molar-refractivity contribution is 7.90. The van der Waals surface area contributed by atoms with E-state index < -0.39 is 10.2 Å². The number of benzene rings is 1. The highest BCUT2D eigenvalue weighted by Gasteiger charge is 2.25. The number of anilines is 1. The molecule has 0 spiro atoms. The average molecular weight is 335 g/mol. The number of nitrogens with two attached hydrogens (primary N) is 1. The van der Waals surface area contributed by atoms with Crippen molar-refractivity contribution in [2.24, 2.45) is 10.9 Å². The van der Waals surface area contributed by atoms with Gasteiger partial charge in [-0.15, -0.1) is 0 Å². The van der Waals surface area contributed by atoms with Crippen LogP contribution in [0.4, 0.5) is 5.69 Å². The predicted octanol–water partition coefficient (Wildman–Crippen LogP) is 0.423. The standard InChI is InChI=1S/C11H15ClN4O4S/c12-8-1-2-9(11(13)14-17)10(7-8)15-21(18,19)16-3-5-20-6-4-16/h1-2,7,15,17H,3-6H2,(H2,13,14). The van der Waals surface area contributed by atoms with Gasteiger partial charge in [0.25, 0.3) is 0 Å². The van der Waals surface area contributed by atoms with E-state index >= 15 is 0 Å². The Morgan fingerprint density at radius 1 is 1.43 bits per heavy atom. The Morgan fingerprint density at radius 3 is 2.71 bits per heavy atom. The van der Waals surface area contributed by atoms with Crippen LogP contribution in [0.2, 0.25) is 5.02 Å². The lowest BCUT2D eigenvalue weighted by Gasteiger charge is -2.26. The lowest BCUT2D eigenvalue weighted by molar-refractivity contribution is 0.0733. The number of oxime groups is 1. The fourth-order valence-electron chi connectivity index (χ4n) is 1.87. The van der Waals surface area contributed by atoms with Crippen molar-refractivity contribution < 1.29 is 18.4 Å². The molecule has 1 heterocycles. The summed E-state index contributed by atoms with van der Waals surface area (Å²) >= 11 is 5.87. The predicted molar refractivity (Wildman–Crippen MR) is 78.9 cm³/mol. The molecule has 1 aromatic rings. The van der Waals surface area contributed by atoms with E-state index in [1.54, 1.807) is 0 Å². The van der Waals surface area contributed by atoms with E-state index in [4.69, 9.17) is 27.3 Å². The van der Waals surface area contributed by atoms with Crippen molar-refractivity contribution >= 4 is 33.3 Å². The van der Waals surface area contributed by atoms with Crippen LogP contribution < -0.4 is 10.5 Å². The van der Waals surface area contributed by atoms with Gasteiger partial charge in [0, 0.05) is 23.7 Å². The monoisotopic (exact) mass is 334 g/mol. The van der Waals surface area contributed by atoms with Gasteiger partial charge in [-0.25, -0.2) is 0 Å². The van der Waals surface area contributed by atoms with Crippen molar-refractivity contribution in [2.45, 2.75) is 0 Å². The summed E-state index contributed by atoms with van der Waals surface area (Å²) in [5.41, 5.74) is 5.91. The first-order valence-electron chi connectivity index (χ1n) is 6.07. The smallest absolute Gasteiger partial charge is 0.301 e. The molecule has 0 aliphatic carbocycles. The molecular formula is C11H15ClN4O4S. The molecule has 2 rings (SSSR count). The molecule has 116 valence electrons. The summed E-state index contributed by atoms with van der Waals surface area (Å²) in [6.45, 7) is 1.19. The Kier molecular flexibility index (Phi) is 4.88. The van der Waals surface area contributed by atoms with Crippen molar-refractivity contribution in [1.82, 2.24) is 4.31 Å². The van der Waals surface area contributed by atoms with Crippen LogP contribution >= 0.6 is 11.6 Å². The largest absolute Gasteiger partial charge is 0.409 e. The van der Waals surface area contributed by atoms with Gasteiger partial charge in [0.15, 0.2) is 5.84 Å². The van der Waals surface area contributed by atoms with Gasteiger partial charge in [0.2, 0.25) is 0 Å². The molecule has 0 unspecified atom stereocenters. The van der Waals surface area contributed by atoms with Gasteiger partial charge in [-0.3, -0.25) is 4.72 Å². The fraction of sp³-hybridized carbons (Fsp3) is 0.364. The lowest BCUT2D eigenvalue weighted by atomic mass is 10.1. The van der Waals surface area contributed by atoms with Gasteiger partial charge in [-0.05, 0) is 18.2 Å². The number of ether oxygens (including phenoxy) is 1. The van der Waals surface area contributed by atoms with Crippen LogP contribution in [0.5, 0.6) is 0 Å². The number of hydrogen-bond acceptors (Lipinski definition) is 5. The first kappa shape index (κ1) is 15.8. The topological polar surface area (TPSA) is 117 Å². The van der Waals surface area contributed by atoms with Crippen molar-refractivity contribution in [3.8, 4) is 0 Å². The molecule has 0 saturated carbocycles. The minimum atomic E-state index is -3.76. The van der Waals surface area contributed by atoms with Gasteiger partial charge >= 0.3 is 10.2 Å². The maximum Gasteiger partial charge on any atom is 0.301 e. The van der Waals surface area contributed by atoms with Crippen LogP contribution in [0.3, 0.4) is 0 Å². The highest BCUT2D eigenvalue weighted by atomic mass is 35.5. The first-order valence-corrected chi connectivity index (χ1v) is 7.89. The molecular weight excluding hydrogens is 320 g/mol. The Morgan fingerprint density at radius 2 is 2.10 bits per heavy atom. The third kappa shape index (κ3) is 3.76. The summed E-state index contributed by atoms with van der Waals surface area (Å²) in [4.78, 5) is 0. The molecule has 8 nitrogen and oxygen atoms in total. The van der Waals surface area contributed by atoms with E-state index in [-0.39, 0.29) is 30.2 Å². The first-order chi connectivity index (χ1) is 9.94. The Hall–Kier alpha value is -1.55. The zero-order valence-corrected chi connectivity index (χ0v) is 12.6. The second kappa shape index (κ2) is 6.48. The molecule has 21 heavy (non-hydrogen) atoms. The van der Waals surface area contributed by atoms with Gasteiger partial charge < -0.3 is 15.7 Å². The maximum absolute atomic E-state index is 12.3. The second-order valence-corrected chi connectivity index (χ2v) is 6.40. The SMILES string of the molecule is NC(=NO)c1ccc(Cl)cc1NS(=O)(=O)N1CCOCC1. The number of halogens is 1. The van der Waals surface area contributed by atoms with E-state index in [1.165, 1.54) is 22.5 Å². The summed E-state index contributed by atoms with van der Waals surface area (Å²) in [5.74, 6) is -0.216. The summed E-state index contributed by atoms with van der Waals surface area (Å²) in [6.07, 6.45) is 0. The molecule has 1 aromatic carbocycles. The summed E-state index contributed by atoms with van der Waals surface area (Å²) in [7, 11) is -3.76. The Bertz CT molecular complexity index is 644. The third-order valence-corrected chi connectivity index (χ3v) is 4.67. The van der Waals surface area contributed by atoms with E-state index in [9.17, 15) is 8.42 Å². The molecule has 1 aliphatic rings. The quantitative estimate of drug-likeness (QED) is 0.319. The highest BCUT2D eigenvalue weighted by Crippen LogP contribution is 2.23. The zero-order valence-electron chi connectivity index (χ0n) is 11.0. The zero-order chi connectivity index (χ0) is 15.5. The van der Waals surface area contributed by atoms with E-state index in [1.807, 2.05) is 0 Å². The maximum atomic E-state index is 12.3. The Labute approximate surface area is 127 Å². The molecule has 1 fully saturated rings. The van der Waals surface area contributed by atoms with Crippen LogP contribution in [-0.2, 0) is 14.9 Å². The third-order valence-electron chi connectivity index (χ3n) is 2.91. The molecule has 4 N–H and O–H groups in total. The van der Waals surface area contributed by atoms with Gasteiger partial charge in [0.1, 0.15) is 0 Å². The van der Waals surface area contributed by atoms with E-state index in [2.05, 4.69) is 9.88 Å². The molecule has 0 atom stereocenters. The van der Waals surface area contributed by atoms with Crippen LogP contribution in [0, 0.1) is 0 Å². The molecule has 0 amide bonds. The van der Waals surface area contributed by atoms with Crippen molar-refractivity contribution in [2.75, 3.05) is 31.0 Å². The molecule has 10 heteroatoms. The normalized spacial score (nSPS) is 17.7. The van der Waals surface area contributed by atoms with Crippen LogP contribution in [0.25, 0.3) is 0 Å². The lowest BCUT2D eigenvalue weighted by Crippen LogP contribution is -2.43. The van der Waals surface area contributed by atoms with Gasteiger partial charge in [-0.2, -0.15) is 12.7 Å². The summed E-state index contributed by atoms with van der Waals surface area (Å²) in [5, 5.41) is 12.0. The number of amidine groups is 1. The fourth-order valence-corrected chi connectivity index (χ4v) is 3.25. The molecule has 0 aromatic heterocycles. The molecule has 0 bridgehead atoms. The Balaban J connectivity index is 2.31. The number of morpholine rings is 1. The summed E-state index contributed by atoms with van der Waals surface area (Å²) < 4.78 is 33.4. The van der Waals surface area contributed by atoms with Crippen LogP contribution in [-0.4, -0.2) is 50.1 Å². The number of hydrogen-bond donors (Lipinski definition) is 3. The minimum Gasteiger partial charge on any atom is -0.409 e. The number of nitrogens with one attached hydrogen (secondary N) is 1. The number of rotatable bonds is 4. The molecule has 0 radical (unpaired) electrons.